The number of aryl methyl sites for hydroxylation is 1. The van der Waals surface area contributed by atoms with Crippen LogP contribution in [0.2, 0.25) is 0 Å². The quantitative estimate of drug-likeness (QED) is 0.844. The number of rotatable bonds is 4. The van der Waals surface area contributed by atoms with E-state index >= 15 is 0 Å². The van der Waals surface area contributed by atoms with Crippen molar-refractivity contribution in [3.05, 3.63) is 34.9 Å². The molecular formula is C18H22F3N3O. The fourth-order valence-corrected chi connectivity index (χ4v) is 3.47. The summed E-state index contributed by atoms with van der Waals surface area (Å²) in [6, 6.07) is 0. The van der Waals surface area contributed by atoms with E-state index in [-0.39, 0.29) is 36.2 Å². The van der Waals surface area contributed by atoms with Crippen LogP contribution < -0.4 is 5.32 Å². The standard InChI is InChI=1S/C18H22F3N3O/c19-18(20,21)16-13-8-4-5-9-14(13)23-15(24-16)10-11-22-17(25)12-6-2-1-3-7-12/h1-2,12H,3-11H2,(H,22,25)/t12-/m0/s1. The van der Waals surface area contributed by atoms with Crippen molar-refractivity contribution in [2.75, 3.05) is 6.54 Å². The molecule has 25 heavy (non-hydrogen) atoms. The van der Waals surface area contributed by atoms with Crippen molar-refractivity contribution < 1.29 is 18.0 Å². The Hall–Kier alpha value is -1.92. The topological polar surface area (TPSA) is 54.9 Å². The second-order valence-corrected chi connectivity index (χ2v) is 6.64. The van der Waals surface area contributed by atoms with Gasteiger partial charge in [0.15, 0.2) is 5.69 Å². The molecule has 0 unspecified atom stereocenters. The average molecular weight is 353 g/mol. The van der Waals surface area contributed by atoms with Gasteiger partial charge in [0.2, 0.25) is 5.91 Å². The van der Waals surface area contributed by atoms with Gasteiger partial charge in [0.05, 0.1) is 0 Å². The molecule has 0 spiro atoms. The monoisotopic (exact) mass is 353 g/mol. The Morgan fingerprint density at radius 2 is 2.00 bits per heavy atom. The van der Waals surface area contributed by atoms with Gasteiger partial charge < -0.3 is 5.32 Å². The van der Waals surface area contributed by atoms with E-state index in [0.29, 0.717) is 18.5 Å². The summed E-state index contributed by atoms with van der Waals surface area (Å²) in [5, 5.41) is 2.81. The van der Waals surface area contributed by atoms with E-state index in [9.17, 15) is 18.0 Å². The highest BCUT2D eigenvalue weighted by Crippen LogP contribution is 2.34. The van der Waals surface area contributed by atoms with Crippen molar-refractivity contribution in [2.45, 2.75) is 57.5 Å². The van der Waals surface area contributed by atoms with Crippen LogP contribution in [0.15, 0.2) is 12.2 Å². The van der Waals surface area contributed by atoms with Crippen LogP contribution in [-0.2, 0) is 30.2 Å². The molecule has 3 rings (SSSR count). The van der Waals surface area contributed by atoms with Crippen LogP contribution in [0.5, 0.6) is 0 Å². The number of carbonyl (C=O) groups is 1. The molecule has 1 atom stereocenters. The minimum Gasteiger partial charge on any atom is -0.355 e. The lowest BCUT2D eigenvalue weighted by molar-refractivity contribution is -0.142. The van der Waals surface area contributed by atoms with Crippen LogP contribution in [-0.4, -0.2) is 22.4 Å². The van der Waals surface area contributed by atoms with Gasteiger partial charge in [-0.15, -0.1) is 0 Å². The normalized spacial score (nSPS) is 20.2. The minimum atomic E-state index is -4.46. The number of nitrogens with one attached hydrogen (secondary N) is 1. The summed E-state index contributed by atoms with van der Waals surface area (Å²) in [7, 11) is 0. The zero-order valence-electron chi connectivity index (χ0n) is 14.0. The number of alkyl halides is 3. The molecule has 0 bridgehead atoms. The van der Waals surface area contributed by atoms with Crippen LogP contribution in [0.1, 0.15) is 54.9 Å². The molecule has 1 amide bonds. The average Bonchev–Trinajstić information content (AvgIpc) is 2.61. The highest BCUT2D eigenvalue weighted by molar-refractivity contribution is 5.78. The predicted molar refractivity (Wildman–Crippen MR) is 86.9 cm³/mol. The lowest BCUT2D eigenvalue weighted by Crippen LogP contribution is -2.33. The van der Waals surface area contributed by atoms with Crippen LogP contribution in [0, 0.1) is 5.92 Å². The Morgan fingerprint density at radius 3 is 2.72 bits per heavy atom. The van der Waals surface area contributed by atoms with E-state index in [1.807, 2.05) is 6.08 Å². The van der Waals surface area contributed by atoms with Gasteiger partial charge in [0.1, 0.15) is 5.82 Å². The molecule has 0 radical (unpaired) electrons. The Morgan fingerprint density at radius 1 is 1.20 bits per heavy atom. The number of nitrogens with zero attached hydrogens (tertiary/aromatic N) is 2. The van der Waals surface area contributed by atoms with Crippen molar-refractivity contribution in [1.82, 2.24) is 15.3 Å². The summed E-state index contributed by atoms with van der Waals surface area (Å²) in [6.45, 7) is 0.259. The first-order chi connectivity index (χ1) is 11.9. The Balaban J connectivity index is 1.66. The summed E-state index contributed by atoms with van der Waals surface area (Å²) in [5.74, 6) is 0.0790. The molecule has 0 fully saturated rings. The first kappa shape index (κ1) is 17.9. The van der Waals surface area contributed by atoms with Gasteiger partial charge in [0.25, 0.3) is 0 Å². The second-order valence-electron chi connectivity index (χ2n) is 6.64. The van der Waals surface area contributed by atoms with Crippen LogP contribution in [0.3, 0.4) is 0 Å². The maximum atomic E-state index is 13.3. The Kier molecular flexibility index (Phi) is 5.39. The van der Waals surface area contributed by atoms with Crippen molar-refractivity contribution in [1.29, 1.82) is 0 Å². The molecule has 4 nitrogen and oxygen atoms in total. The molecule has 0 saturated heterocycles. The third-order valence-corrected chi connectivity index (χ3v) is 4.79. The molecular weight excluding hydrogens is 331 g/mol. The largest absolute Gasteiger partial charge is 0.433 e. The van der Waals surface area contributed by atoms with Gasteiger partial charge in [-0.2, -0.15) is 13.2 Å². The summed E-state index contributed by atoms with van der Waals surface area (Å²) in [6.07, 6.45) is 4.78. The zero-order chi connectivity index (χ0) is 17.9. The number of hydrogen-bond donors (Lipinski definition) is 1. The van der Waals surface area contributed by atoms with Crippen molar-refractivity contribution in [3.8, 4) is 0 Å². The van der Waals surface area contributed by atoms with Gasteiger partial charge in [-0.25, -0.2) is 9.97 Å². The molecule has 1 N–H and O–H groups in total. The third-order valence-electron chi connectivity index (χ3n) is 4.79. The minimum absolute atomic E-state index is 0.0415. The van der Waals surface area contributed by atoms with Gasteiger partial charge in [-0.05, 0) is 44.9 Å². The molecule has 1 aromatic heterocycles. The van der Waals surface area contributed by atoms with E-state index < -0.39 is 11.9 Å². The van der Waals surface area contributed by atoms with Crippen molar-refractivity contribution >= 4 is 5.91 Å². The fourth-order valence-electron chi connectivity index (χ4n) is 3.47. The summed E-state index contributed by atoms with van der Waals surface area (Å²) < 4.78 is 39.8. The summed E-state index contributed by atoms with van der Waals surface area (Å²) in [5.41, 5.74) is -0.0243. The highest BCUT2D eigenvalue weighted by Gasteiger charge is 2.37. The predicted octanol–water partition coefficient (Wildman–Crippen LogP) is 3.39. The fraction of sp³-hybridized carbons (Fsp3) is 0.611. The number of amides is 1. The van der Waals surface area contributed by atoms with Crippen LogP contribution in [0.4, 0.5) is 13.2 Å². The molecule has 136 valence electrons. The van der Waals surface area contributed by atoms with Crippen LogP contribution in [0.25, 0.3) is 0 Å². The maximum absolute atomic E-state index is 13.3. The molecule has 0 saturated carbocycles. The number of fused-ring (bicyclic) bond motifs is 1. The molecule has 7 heteroatoms. The molecule has 0 aliphatic heterocycles. The third kappa shape index (κ3) is 4.38. The van der Waals surface area contributed by atoms with E-state index in [1.54, 1.807) is 0 Å². The number of aromatic nitrogens is 2. The summed E-state index contributed by atoms with van der Waals surface area (Å²) in [4.78, 5) is 20.2. The molecule has 2 aliphatic rings. The highest BCUT2D eigenvalue weighted by atomic mass is 19.4. The van der Waals surface area contributed by atoms with E-state index in [1.165, 1.54) is 0 Å². The second kappa shape index (κ2) is 7.54. The Bertz CT molecular complexity index is 670. The smallest absolute Gasteiger partial charge is 0.355 e. The number of carbonyl (C=O) groups excluding carboxylic acids is 1. The SMILES string of the molecule is O=C(NCCc1nc2c(c(C(F)(F)F)n1)CCCC2)[C@H]1CC=CCC1. The number of allylic oxidation sites excluding steroid dienone is 2. The van der Waals surface area contributed by atoms with Gasteiger partial charge in [-0.1, -0.05) is 12.2 Å². The number of hydrogen-bond acceptors (Lipinski definition) is 3. The maximum Gasteiger partial charge on any atom is 0.433 e. The molecule has 1 aromatic rings. The molecule has 0 aromatic carbocycles. The Labute approximate surface area is 144 Å². The van der Waals surface area contributed by atoms with Gasteiger partial charge in [0, 0.05) is 30.1 Å². The number of halogens is 3. The first-order valence-corrected chi connectivity index (χ1v) is 8.83. The first-order valence-electron chi connectivity index (χ1n) is 8.83. The molecule has 1 heterocycles. The lowest BCUT2D eigenvalue weighted by Gasteiger charge is -2.20. The van der Waals surface area contributed by atoms with Gasteiger partial charge >= 0.3 is 6.18 Å². The van der Waals surface area contributed by atoms with E-state index in [0.717, 1.165) is 32.1 Å². The van der Waals surface area contributed by atoms with E-state index in [2.05, 4.69) is 21.4 Å². The van der Waals surface area contributed by atoms with Crippen molar-refractivity contribution in [3.63, 3.8) is 0 Å². The summed E-state index contributed by atoms with van der Waals surface area (Å²) >= 11 is 0. The molecule has 2 aliphatic carbocycles. The van der Waals surface area contributed by atoms with Crippen molar-refractivity contribution in [2.24, 2.45) is 5.92 Å². The lowest BCUT2D eigenvalue weighted by atomic mass is 9.93. The zero-order valence-corrected chi connectivity index (χ0v) is 14.0. The van der Waals surface area contributed by atoms with Gasteiger partial charge in [-0.3, -0.25) is 4.79 Å². The van der Waals surface area contributed by atoms with E-state index in [4.69, 9.17) is 0 Å². The van der Waals surface area contributed by atoms with Crippen LogP contribution >= 0.6 is 0 Å².